The number of hydrogen-bond donors (Lipinski definition) is 2. The Labute approximate surface area is 113 Å². The standard InChI is InChI=1S/C7H8O3S.C6H10N2/c1-6-2-4-7(5-3-6)11(8,9)10;1-3-6-4-7-5(2)8-6/h2-5H,1H3,(H,8,9,10);4H,3H2,1-2H3,(H,7,8). The molecule has 1 aromatic carbocycles. The van der Waals surface area contributed by atoms with Crippen molar-refractivity contribution in [2.45, 2.75) is 32.1 Å². The predicted octanol–water partition coefficient (Wildman–Crippen LogP) is 2.52. The van der Waals surface area contributed by atoms with Gasteiger partial charge in [-0.25, -0.2) is 4.98 Å². The fourth-order valence-corrected chi connectivity index (χ4v) is 1.84. The maximum atomic E-state index is 10.5. The predicted molar refractivity (Wildman–Crippen MR) is 73.7 cm³/mol. The van der Waals surface area contributed by atoms with Gasteiger partial charge in [0.05, 0.1) is 10.6 Å². The van der Waals surface area contributed by atoms with E-state index in [1.165, 1.54) is 12.1 Å². The maximum absolute atomic E-state index is 10.5. The molecule has 2 N–H and O–H groups in total. The van der Waals surface area contributed by atoms with Crippen molar-refractivity contribution in [3.8, 4) is 0 Å². The number of hydrogen-bond acceptors (Lipinski definition) is 3. The van der Waals surface area contributed by atoms with Crippen molar-refractivity contribution in [2.75, 3.05) is 0 Å². The number of aryl methyl sites for hydroxylation is 3. The lowest BCUT2D eigenvalue weighted by Crippen LogP contribution is -1.96. The van der Waals surface area contributed by atoms with Gasteiger partial charge in [-0.2, -0.15) is 8.42 Å². The fraction of sp³-hybridized carbons (Fsp3) is 0.308. The lowest BCUT2D eigenvalue weighted by molar-refractivity contribution is 0.483. The second-order valence-corrected chi connectivity index (χ2v) is 5.54. The number of benzene rings is 1. The van der Waals surface area contributed by atoms with E-state index in [1.807, 2.05) is 20.0 Å². The summed E-state index contributed by atoms with van der Waals surface area (Å²) >= 11 is 0. The summed E-state index contributed by atoms with van der Waals surface area (Å²) in [6, 6.07) is 5.99. The molecule has 104 valence electrons. The molecule has 0 spiro atoms. The van der Waals surface area contributed by atoms with E-state index >= 15 is 0 Å². The van der Waals surface area contributed by atoms with Crippen molar-refractivity contribution in [1.82, 2.24) is 9.97 Å². The smallest absolute Gasteiger partial charge is 0.294 e. The van der Waals surface area contributed by atoms with Crippen LogP contribution in [-0.4, -0.2) is 22.9 Å². The highest BCUT2D eigenvalue weighted by Crippen LogP contribution is 2.08. The third-order valence-electron chi connectivity index (χ3n) is 2.44. The van der Waals surface area contributed by atoms with Gasteiger partial charge in [-0.15, -0.1) is 0 Å². The van der Waals surface area contributed by atoms with Gasteiger partial charge in [0.1, 0.15) is 5.82 Å². The van der Waals surface area contributed by atoms with Crippen LogP contribution in [0.5, 0.6) is 0 Å². The zero-order valence-corrected chi connectivity index (χ0v) is 12.0. The van der Waals surface area contributed by atoms with Crippen molar-refractivity contribution in [2.24, 2.45) is 0 Å². The third-order valence-corrected chi connectivity index (χ3v) is 3.31. The van der Waals surface area contributed by atoms with Crippen LogP contribution in [0.4, 0.5) is 0 Å². The Morgan fingerprint density at radius 1 is 1.21 bits per heavy atom. The largest absolute Gasteiger partial charge is 0.349 e. The first kappa shape index (κ1) is 15.4. The van der Waals surface area contributed by atoms with Gasteiger partial charge < -0.3 is 4.98 Å². The van der Waals surface area contributed by atoms with Crippen LogP contribution in [0, 0.1) is 13.8 Å². The Morgan fingerprint density at radius 2 is 1.79 bits per heavy atom. The quantitative estimate of drug-likeness (QED) is 0.829. The fourth-order valence-electron chi connectivity index (χ4n) is 1.36. The number of aromatic nitrogens is 2. The molecule has 0 saturated heterocycles. The molecule has 2 rings (SSSR count). The average Bonchev–Trinajstić information content (AvgIpc) is 2.75. The summed E-state index contributed by atoms with van der Waals surface area (Å²) in [6.45, 7) is 5.89. The van der Waals surface area contributed by atoms with Crippen LogP contribution >= 0.6 is 0 Å². The molecule has 0 fully saturated rings. The second-order valence-electron chi connectivity index (χ2n) is 4.12. The van der Waals surface area contributed by atoms with Gasteiger partial charge in [0.25, 0.3) is 10.1 Å². The molecule has 6 heteroatoms. The molecule has 0 bridgehead atoms. The summed E-state index contributed by atoms with van der Waals surface area (Å²) in [5.41, 5.74) is 2.10. The lowest BCUT2D eigenvalue weighted by Gasteiger charge is -1.95. The zero-order chi connectivity index (χ0) is 14.5. The van der Waals surface area contributed by atoms with Crippen LogP contribution in [0.1, 0.15) is 24.0 Å². The molecule has 2 aromatic rings. The normalized spacial score (nSPS) is 10.7. The molecule has 0 aliphatic heterocycles. The molecule has 0 saturated carbocycles. The minimum atomic E-state index is -4.02. The van der Waals surface area contributed by atoms with Crippen LogP contribution in [0.3, 0.4) is 0 Å². The topological polar surface area (TPSA) is 83.0 Å². The lowest BCUT2D eigenvalue weighted by atomic mass is 10.2. The van der Waals surface area contributed by atoms with Gasteiger partial charge in [-0.1, -0.05) is 24.6 Å². The minimum absolute atomic E-state index is 0.0666. The summed E-state index contributed by atoms with van der Waals surface area (Å²) < 4.78 is 29.6. The zero-order valence-electron chi connectivity index (χ0n) is 11.2. The number of imidazole rings is 1. The summed E-state index contributed by atoms with van der Waals surface area (Å²) in [7, 11) is -4.02. The first-order chi connectivity index (χ1) is 8.82. The Morgan fingerprint density at radius 3 is 2.11 bits per heavy atom. The molecule has 0 unspecified atom stereocenters. The summed E-state index contributed by atoms with van der Waals surface area (Å²) in [5, 5.41) is 0. The highest BCUT2D eigenvalue weighted by atomic mass is 32.2. The van der Waals surface area contributed by atoms with Gasteiger partial charge in [0.15, 0.2) is 0 Å². The molecule has 1 aromatic heterocycles. The molecule has 0 radical (unpaired) electrons. The molecule has 0 atom stereocenters. The number of rotatable bonds is 2. The Balaban J connectivity index is 0.000000200. The number of nitrogens with zero attached hydrogens (tertiary/aromatic N) is 1. The molecule has 19 heavy (non-hydrogen) atoms. The molecule has 1 heterocycles. The minimum Gasteiger partial charge on any atom is -0.349 e. The molecular weight excluding hydrogens is 264 g/mol. The second kappa shape index (κ2) is 6.49. The van der Waals surface area contributed by atoms with Crippen molar-refractivity contribution >= 4 is 10.1 Å². The van der Waals surface area contributed by atoms with Crippen molar-refractivity contribution in [3.63, 3.8) is 0 Å². The average molecular weight is 282 g/mol. The van der Waals surface area contributed by atoms with E-state index in [0.717, 1.165) is 23.5 Å². The Hall–Kier alpha value is -1.66. The monoisotopic (exact) mass is 282 g/mol. The van der Waals surface area contributed by atoms with Crippen LogP contribution in [-0.2, 0) is 16.5 Å². The van der Waals surface area contributed by atoms with Crippen molar-refractivity contribution in [1.29, 1.82) is 0 Å². The third kappa shape index (κ3) is 5.23. The van der Waals surface area contributed by atoms with Gasteiger partial charge in [-0.05, 0) is 32.4 Å². The van der Waals surface area contributed by atoms with Crippen molar-refractivity contribution in [3.05, 3.63) is 47.5 Å². The molecular formula is C13H18N2O3S. The summed E-state index contributed by atoms with van der Waals surface area (Å²) in [5.74, 6) is 1.00. The summed E-state index contributed by atoms with van der Waals surface area (Å²) in [4.78, 5) is 7.12. The molecule has 5 nitrogen and oxygen atoms in total. The first-order valence-electron chi connectivity index (χ1n) is 5.88. The van der Waals surface area contributed by atoms with Crippen LogP contribution in [0.25, 0.3) is 0 Å². The molecule has 0 amide bonds. The Kier molecular flexibility index (Phi) is 5.26. The number of nitrogens with one attached hydrogen (secondary N) is 1. The van der Waals surface area contributed by atoms with E-state index in [2.05, 4.69) is 16.9 Å². The van der Waals surface area contributed by atoms with Gasteiger partial charge >= 0.3 is 0 Å². The van der Waals surface area contributed by atoms with E-state index in [1.54, 1.807) is 12.1 Å². The summed E-state index contributed by atoms with van der Waals surface area (Å²) in [6.07, 6.45) is 2.96. The van der Waals surface area contributed by atoms with Gasteiger partial charge in [0, 0.05) is 6.20 Å². The van der Waals surface area contributed by atoms with E-state index in [9.17, 15) is 8.42 Å². The highest BCUT2D eigenvalue weighted by Gasteiger charge is 2.06. The van der Waals surface area contributed by atoms with Crippen LogP contribution in [0.15, 0.2) is 35.4 Å². The van der Waals surface area contributed by atoms with Gasteiger partial charge in [0.2, 0.25) is 0 Å². The number of H-pyrrole nitrogens is 1. The SMILES string of the molecule is CCc1c[nH]c(C)n1.Cc1ccc(S(=O)(=O)O)cc1. The molecule has 0 aliphatic carbocycles. The van der Waals surface area contributed by atoms with E-state index in [-0.39, 0.29) is 4.90 Å². The van der Waals surface area contributed by atoms with E-state index < -0.39 is 10.1 Å². The maximum Gasteiger partial charge on any atom is 0.294 e. The van der Waals surface area contributed by atoms with Crippen LogP contribution in [0.2, 0.25) is 0 Å². The highest BCUT2D eigenvalue weighted by molar-refractivity contribution is 7.85. The van der Waals surface area contributed by atoms with E-state index in [4.69, 9.17) is 4.55 Å². The van der Waals surface area contributed by atoms with E-state index in [0.29, 0.717) is 0 Å². The first-order valence-corrected chi connectivity index (χ1v) is 7.32. The number of aromatic amines is 1. The van der Waals surface area contributed by atoms with Crippen molar-refractivity contribution < 1.29 is 13.0 Å². The van der Waals surface area contributed by atoms with Crippen LogP contribution < -0.4 is 0 Å². The molecule has 0 aliphatic rings. The Bertz CT molecular complexity index is 616. The van der Waals surface area contributed by atoms with Gasteiger partial charge in [-0.3, -0.25) is 4.55 Å².